The first-order valence-electron chi connectivity index (χ1n) is 20.3. The molecule has 4 heterocycles. The Hall–Kier alpha value is -7.78. The number of quaternary nitrogens is 1. The molecule has 0 bridgehead atoms. The lowest BCUT2D eigenvalue weighted by molar-refractivity contribution is -0.583. The van der Waals surface area contributed by atoms with Crippen LogP contribution in [0.4, 0.5) is 22.1 Å². The summed E-state index contributed by atoms with van der Waals surface area (Å²) >= 11 is 0. The number of carbonyl (C=O) groups excluding carboxylic acids is 7. The number of nitrogen functional groups attached to an aromatic ring is 2. The highest BCUT2D eigenvalue weighted by Gasteiger charge is 2.49. The van der Waals surface area contributed by atoms with Gasteiger partial charge in [0.25, 0.3) is 29.2 Å². The minimum Gasteiger partial charge on any atom is -0.480 e. The lowest BCUT2D eigenvalue weighted by Gasteiger charge is -2.32. The summed E-state index contributed by atoms with van der Waals surface area (Å²) in [5, 5.41) is 22.9. The molecule has 6 rings (SSSR count). The molecule has 1 saturated heterocycles. The maximum atomic E-state index is 13.2. The molecule has 2 atom stereocenters. The molecule has 0 spiro atoms. The van der Waals surface area contributed by atoms with Gasteiger partial charge in [-0.05, 0) is 49.2 Å². The number of hydrogen-bond donors (Lipinski definition) is 9. The number of nitrogens with one attached hydrogen (secondary N) is 5. The van der Waals surface area contributed by atoms with Crippen LogP contribution in [0.2, 0.25) is 0 Å². The second-order valence-electron chi connectivity index (χ2n) is 14.5. The van der Waals surface area contributed by atoms with Crippen molar-refractivity contribution >= 4 is 97.6 Å². The number of rotatable bonds is 21. The predicted molar refractivity (Wildman–Crippen MR) is 240 cm³/mol. The molecule has 27 heteroatoms. The molecule has 350 valence electrons. The van der Waals surface area contributed by atoms with Crippen LogP contribution in [-0.4, -0.2) is 126 Å². The van der Waals surface area contributed by atoms with E-state index in [0.29, 0.717) is 34.3 Å². The van der Waals surface area contributed by atoms with Gasteiger partial charge in [-0.2, -0.15) is 15.0 Å². The smallest absolute Gasteiger partial charge is 0.423 e. The van der Waals surface area contributed by atoms with Gasteiger partial charge in [0, 0.05) is 35.5 Å². The van der Waals surface area contributed by atoms with E-state index in [2.05, 4.69) is 41.0 Å². The Kier molecular flexibility index (Phi) is 16.3. The number of anilines is 3. The highest BCUT2D eigenvalue weighted by atomic mass is 33.1. The molecule has 25 nitrogen and oxygen atoms in total. The molecule has 0 radical (unpaired) electrons. The van der Waals surface area contributed by atoms with Gasteiger partial charge in [-0.3, -0.25) is 43.4 Å². The van der Waals surface area contributed by atoms with E-state index in [4.69, 9.17) is 21.7 Å². The summed E-state index contributed by atoms with van der Waals surface area (Å²) in [6.45, 7) is 0.462. The number of amides is 7. The van der Waals surface area contributed by atoms with Crippen LogP contribution < -0.4 is 38.3 Å². The fourth-order valence-corrected chi connectivity index (χ4v) is 8.49. The van der Waals surface area contributed by atoms with Crippen molar-refractivity contribution in [2.24, 2.45) is 5.11 Å². The maximum absolute atomic E-state index is 13.2. The van der Waals surface area contributed by atoms with Crippen molar-refractivity contribution < 1.29 is 53.5 Å². The number of hydrogen-bond acceptors (Lipinski definition) is 20. The Morgan fingerprint density at radius 1 is 1.04 bits per heavy atom. The highest BCUT2D eigenvalue weighted by Crippen LogP contribution is 2.32. The molecule has 2 aromatic heterocycles. The van der Waals surface area contributed by atoms with E-state index in [9.17, 15) is 48.3 Å². The summed E-state index contributed by atoms with van der Waals surface area (Å²) in [6, 6.07) is 7.74. The van der Waals surface area contributed by atoms with Crippen molar-refractivity contribution in [2.45, 2.75) is 44.3 Å². The fourth-order valence-electron chi connectivity index (χ4n) is 6.67. The number of H-pyrrole nitrogens is 1. The van der Waals surface area contributed by atoms with Gasteiger partial charge in [-0.15, -0.1) is 0 Å². The largest absolute Gasteiger partial charge is 0.480 e. The fraction of sp³-hybridized carbons (Fsp3) is 0.300. The number of nitrogens with two attached hydrogens (primary N) is 3. The minimum absolute atomic E-state index is 0.0261. The van der Waals surface area contributed by atoms with E-state index >= 15 is 0 Å². The van der Waals surface area contributed by atoms with E-state index < -0.39 is 65.1 Å². The highest BCUT2D eigenvalue weighted by molar-refractivity contribution is 8.76. The lowest BCUT2D eigenvalue weighted by atomic mass is 10.0. The Labute approximate surface area is 386 Å². The van der Waals surface area contributed by atoms with Crippen molar-refractivity contribution in [2.75, 3.05) is 48.0 Å². The molecule has 4 aromatic rings. The van der Waals surface area contributed by atoms with E-state index in [-0.39, 0.29) is 90.6 Å². The predicted octanol–water partition coefficient (Wildman–Crippen LogP) is 0.337. The monoisotopic (exact) mass is 959 g/mol. The average Bonchev–Trinajstić information content (AvgIpc) is 3.56. The Balaban J connectivity index is 0.839. The first kappa shape index (κ1) is 48.7. The summed E-state index contributed by atoms with van der Waals surface area (Å²) in [4.78, 5) is 130. The van der Waals surface area contributed by atoms with E-state index in [0.717, 1.165) is 4.90 Å². The first-order valence-corrected chi connectivity index (χ1v) is 22.8. The molecule has 2 aliphatic heterocycles. The number of nitrogens with zero attached hydrogens (tertiary/aromatic N) is 6. The van der Waals surface area contributed by atoms with Gasteiger partial charge in [0.2, 0.25) is 17.8 Å². The van der Waals surface area contributed by atoms with Crippen LogP contribution in [0.5, 0.6) is 0 Å². The van der Waals surface area contributed by atoms with E-state index in [1.165, 1.54) is 58.1 Å². The maximum Gasteiger partial charge on any atom is 0.423 e. The zero-order chi connectivity index (χ0) is 48.2. The van der Waals surface area contributed by atoms with Gasteiger partial charge < -0.3 is 42.6 Å². The Morgan fingerprint density at radius 3 is 2.54 bits per heavy atom. The summed E-state index contributed by atoms with van der Waals surface area (Å²) in [6.07, 6.45) is 0.893. The molecule has 0 saturated carbocycles. The van der Waals surface area contributed by atoms with Crippen LogP contribution in [0.3, 0.4) is 0 Å². The van der Waals surface area contributed by atoms with Crippen molar-refractivity contribution in [1.29, 1.82) is 5.53 Å². The number of fused-ring (bicyclic) bond motifs is 2. The first-order chi connectivity index (χ1) is 32.2. The number of carboxylic acid groups (broad SMARTS) is 1. The lowest BCUT2D eigenvalue weighted by Crippen LogP contribution is -2.79. The molecule has 2 aliphatic rings. The van der Waals surface area contributed by atoms with Gasteiger partial charge in [0.1, 0.15) is 30.6 Å². The third-order valence-electron chi connectivity index (χ3n) is 9.99. The molecule has 2 aromatic carbocycles. The standard InChI is InChI=1S/C40H42N14O11S2/c41-25-3-1-2-24-30(25)37(61)53(35(24)59)27-9-11-29(56)54(36(27)60)40(64)65-13-15-67-66-14-12-44-16-23(52-43)19-46-28(55)10-8-26(38(62)63)49-33(57)20-4-6-21(7-5-20)45-17-22-18-47-32-31(48-22)34(58)51-39(42)50-32/h1-7,16,18,26-27,43-45H,8-15,17,19,41H2,(H,46,55)(H,49,57)(H,62,63)(H3,42,47,50,51,58)/p+1/b23-16-,52-43?/t26-,27?/m0/s1. The second kappa shape index (κ2) is 22.4. The molecule has 12 N–H and O–H groups in total. The van der Waals surface area contributed by atoms with Gasteiger partial charge in [-0.1, -0.05) is 27.7 Å². The number of benzene rings is 2. The molecule has 67 heavy (non-hydrogen) atoms. The number of piperidine rings is 1. The quantitative estimate of drug-likeness (QED) is 0.0179. The zero-order valence-electron chi connectivity index (χ0n) is 35.2. The third-order valence-corrected chi connectivity index (χ3v) is 12.4. The Bertz CT molecular complexity index is 2720. The van der Waals surface area contributed by atoms with E-state index in [1.54, 1.807) is 23.6 Å². The second-order valence-corrected chi connectivity index (χ2v) is 17.2. The SMILES string of the molecule is N=N/C(=C\[NH2+]CCSSCCOC(=O)N1C(=O)CCC(N2C(=O)c3cccc(N)c3C2=O)C1=O)CNC(=O)CC[C@H](NC(=O)c1ccc(NCc2cnc3nc(N)[nH]c(=O)c3n2)cc1)C(=O)O. The summed E-state index contributed by atoms with van der Waals surface area (Å²) < 4.78 is 5.15. The molecule has 7 amide bonds. The average molecular weight is 960 g/mol. The third kappa shape index (κ3) is 12.1. The summed E-state index contributed by atoms with van der Waals surface area (Å²) in [5.74, 6) is -5.10. The number of aliphatic carboxylic acids is 1. The van der Waals surface area contributed by atoms with Crippen molar-refractivity contribution in [1.82, 2.24) is 40.4 Å². The van der Waals surface area contributed by atoms with Crippen LogP contribution in [0.1, 0.15) is 62.5 Å². The van der Waals surface area contributed by atoms with Crippen LogP contribution in [-0.2, 0) is 30.5 Å². The zero-order valence-corrected chi connectivity index (χ0v) is 36.8. The van der Waals surface area contributed by atoms with Crippen molar-refractivity contribution in [3.63, 3.8) is 0 Å². The number of ether oxygens (including phenoxy) is 1. The number of carbonyl (C=O) groups is 8. The van der Waals surface area contributed by atoms with Gasteiger partial charge in [0.05, 0.1) is 48.4 Å². The number of likely N-dealkylation sites (tertiary alicyclic amines) is 1. The van der Waals surface area contributed by atoms with Crippen LogP contribution in [0.25, 0.3) is 11.2 Å². The minimum atomic E-state index is -1.38. The van der Waals surface area contributed by atoms with E-state index in [1.807, 2.05) is 0 Å². The van der Waals surface area contributed by atoms with Crippen LogP contribution in [0, 0.1) is 5.53 Å². The topological polar surface area (TPSA) is 385 Å². The Morgan fingerprint density at radius 2 is 1.81 bits per heavy atom. The van der Waals surface area contributed by atoms with Crippen LogP contribution >= 0.6 is 21.6 Å². The van der Waals surface area contributed by atoms with Crippen molar-refractivity contribution in [3.05, 3.63) is 93.3 Å². The number of aromatic amines is 1. The molecule has 1 fully saturated rings. The van der Waals surface area contributed by atoms with Gasteiger partial charge in [0.15, 0.2) is 11.2 Å². The molecular weight excluding hydrogens is 917 g/mol. The molecule has 0 aliphatic carbocycles. The number of aromatic nitrogens is 4. The molecular formula is C40H43N14O11S2+. The van der Waals surface area contributed by atoms with Crippen molar-refractivity contribution in [3.8, 4) is 0 Å². The summed E-state index contributed by atoms with van der Waals surface area (Å²) in [7, 11) is 2.78. The summed E-state index contributed by atoms with van der Waals surface area (Å²) in [5.41, 5.74) is 19.9. The van der Waals surface area contributed by atoms with Crippen LogP contribution in [0.15, 0.2) is 70.5 Å². The van der Waals surface area contributed by atoms with Gasteiger partial charge in [-0.25, -0.2) is 25.1 Å². The van der Waals surface area contributed by atoms with Gasteiger partial charge >= 0.3 is 12.1 Å². The normalized spacial score (nSPS) is 15.3. The number of carboxylic acids is 1. The molecule has 1 unspecified atom stereocenters. The number of imide groups is 4.